The van der Waals surface area contributed by atoms with Crippen molar-refractivity contribution in [3.63, 3.8) is 0 Å². The molecule has 0 amide bonds. The molecule has 5 heteroatoms. The summed E-state index contributed by atoms with van der Waals surface area (Å²) >= 11 is 0. The second-order valence-electron chi connectivity index (χ2n) is 6.36. The van der Waals surface area contributed by atoms with Crippen molar-refractivity contribution in [2.24, 2.45) is 0 Å². The number of aliphatic hydroxyl groups excluding tert-OH is 3. The van der Waals surface area contributed by atoms with E-state index in [2.05, 4.69) is 6.58 Å². The van der Waals surface area contributed by atoms with Crippen LogP contribution in [-0.2, 0) is 9.47 Å². The standard InChI is InChI=1S/C18H34O5/c1-2-3-4-5-6-7-8-9-10-11-12-22-18-16(21)14-23-17(18)15(20)13-19/h2,15-21H,1,3-14H2/t15-,16+,17-,18-/m1/s1. The largest absolute Gasteiger partial charge is 0.394 e. The van der Waals surface area contributed by atoms with E-state index >= 15 is 0 Å². The quantitative estimate of drug-likeness (QED) is 0.336. The maximum atomic E-state index is 9.82. The van der Waals surface area contributed by atoms with Crippen molar-refractivity contribution in [1.82, 2.24) is 0 Å². The normalized spacial score (nSPS) is 25.6. The van der Waals surface area contributed by atoms with Crippen LogP contribution in [0.2, 0.25) is 0 Å². The number of hydrogen-bond acceptors (Lipinski definition) is 5. The molecule has 0 spiro atoms. The third-order valence-electron chi connectivity index (χ3n) is 4.34. The van der Waals surface area contributed by atoms with Gasteiger partial charge in [-0.3, -0.25) is 0 Å². The first-order valence-electron chi connectivity index (χ1n) is 9.01. The van der Waals surface area contributed by atoms with E-state index < -0.39 is 24.4 Å². The van der Waals surface area contributed by atoms with E-state index in [1.54, 1.807) is 0 Å². The highest BCUT2D eigenvalue weighted by Crippen LogP contribution is 2.21. The highest BCUT2D eigenvalue weighted by molar-refractivity contribution is 4.89. The molecule has 1 saturated heterocycles. The van der Waals surface area contributed by atoms with E-state index in [9.17, 15) is 10.2 Å². The lowest BCUT2D eigenvalue weighted by Gasteiger charge is -2.23. The van der Waals surface area contributed by atoms with Gasteiger partial charge in [0, 0.05) is 6.61 Å². The zero-order valence-electron chi connectivity index (χ0n) is 14.2. The van der Waals surface area contributed by atoms with E-state index in [0.29, 0.717) is 6.61 Å². The molecule has 0 unspecified atom stereocenters. The third-order valence-corrected chi connectivity index (χ3v) is 4.34. The zero-order valence-corrected chi connectivity index (χ0v) is 14.2. The van der Waals surface area contributed by atoms with Crippen molar-refractivity contribution in [3.05, 3.63) is 12.7 Å². The van der Waals surface area contributed by atoms with Gasteiger partial charge in [-0.05, 0) is 19.3 Å². The summed E-state index contributed by atoms with van der Waals surface area (Å²) in [4.78, 5) is 0. The van der Waals surface area contributed by atoms with Gasteiger partial charge in [0.15, 0.2) is 0 Å². The Morgan fingerprint density at radius 2 is 1.70 bits per heavy atom. The molecule has 1 aliphatic heterocycles. The summed E-state index contributed by atoms with van der Waals surface area (Å²) in [5.41, 5.74) is 0. The van der Waals surface area contributed by atoms with E-state index in [4.69, 9.17) is 14.6 Å². The summed E-state index contributed by atoms with van der Waals surface area (Å²) in [5.74, 6) is 0. The Morgan fingerprint density at radius 3 is 2.30 bits per heavy atom. The van der Waals surface area contributed by atoms with Crippen molar-refractivity contribution in [2.45, 2.75) is 82.2 Å². The lowest BCUT2D eigenvalue weighted by Crippen LogP contribution is -2.42. The molecular weight excluding hydrogens is 296 g/mol. The van der Waals surface area contributed by atoms with Crippen LogP contribution in [-0.4, -0.2) is 59.6 Å². The summed E-state index contributed by atoms with van der Waals surface area (Å²) in [6.07, 6.45) is 9.87. The highest BCUT2D eigenvalue weighted by Gasteiger charge is 2.40. The second-order valence-corrected chi connectivity index (χ2v) is 6.36. The van der Waals surface area contributed by atoms with Crippen LogP contribution in [0, 0.1) is 0 Å². The van der Waals surface area contributed by atoms with Crippen molar-refractivity contribution in [3.8, 4) is 0 Å². The first kappa shape index (κ1) is 20.6. The van der Waals surface area contributed by atoms with Crippen molar-refractivity contribution >= 4 is 0 Å². The summed E-state index contributed by atoms with van der Waals surface area (Å²) in [5, 5.41) is 28.5. The fraction of sp³-hybridized carbons (Fsp3) is 0.889. The minimum Gasteiger partial charge on any atom is -0.394 e. The van der Waals surface area contributed by atoms with E-state index in [-0.39, 0.29) is 13.2 Å². The Morgan fingerprint density at radius 1 is 1.09 bits per heavy atom. The molecule has 0 bridgehead atoms. The summed E-state index contributed by atoms with van der Waals surface area (Å²) in [6.45, 7) is 4.05. The van der Waals surface area contributed by atoms with Crippen molar-refractivity contribution in [2.75, 3.05) is 19.8 Å². The van der Waals surface area contributed by atoms with Crippen LogP contribution in [0.15, 0.2) is 12.7 Å². The number of rotatable bonds is 14. The Labute approximate surface area is 140 Å². The summed E-state index contributed by atoms with van der Waals surface area (Å²) in [6, 6.07) is 0. The fourth-order valence-electron chi connectivity index (χ4n) is 2.93. The fourth-order valence-corrected chi connectivity index (χ4v) is 2.93. The SMILES string of the molecule is C=CCCCCCCCCCCO[C@H]1[C@@H]([C@H](O)CO)OC[C@@H]1O. The molecule has 0 aliphatic carbocycles. The Balaban J connectivity index is 1.98. The van der Waals surface area contributed by atoms with Crippen LogP contribution in [0.4, 0.5) is 0 Å². The maximum Gasteiger partial charge on any atom is 0.114 e. The molecule has 1 aliphatic rings. The molecule has 0 radical (unpaired) electrons. The minimum absolute atomic E-state index is 0.151. The van der Waals surface area contributed by atoms with Crippen LogP contribution in [0.1, 0.15) is 57.8 Å². The average molecular weight is 330 g/mol. The van der Waals surface area contributed by atoms with E-state index in [1.165, 1.54) is 38.5 Å². The van der Waals surface area contributed by atoms with Gasteiger partial charge in [-0.1, -0.05) is 44.6 Å². The smallest absolute Gasteiger partial charge is 0.114 e. The minimum atomic E-state index is -1.00. The van der Waals surface area contributed by atoms with Crippen molar-refractivity contribution < 1.29 is 24.8 Å². The lowest BCUT2D eigenvalue weighted by atomic mass is 10.1. The van der Waals surface area contributed by atoms with E-state index in [1.807, 2.05) is 6.08 Å². The van der Waals surface area contributed by atoms with Gasteiger partial charge in [0.1, 0.15) is 24.4 Å². The molecule has 3 N–H and O–H groups in total. The topological polar surface area (TPSA) is 79.2 Å². The second kappa shape index (κ2) is 12.9. The van der Waals surface area contributed by atoms with Gasteiger partial charge in [-0.2, -0.15) is 0 Å². The molecule has 1 heterocycles. The molecular formula is C18H34O5. The number of hydrogen-bond donors (Lipinski definition) is 3. The van der Waals surface area contributed by atoms with Crippen LogP contribution >= 0.6 is 0 Å². The number of aliphatic hydroxyl groups is 3. The van der Waals surface area contributed by atoms with Gasteiger partial charge in [-0.25, -0.2) is 0 Å². The highest BCUT2D eigenvalue weighted by atomic mass is 16.6. The Kier molecular flexibility index (Phi) is 11.5. The van der Waals surface area contributed by atoms with Crippen LogP contribution in [0.5, 0.6) is 0 Å². The van der Waals surface area contributed by atoms with Gasteiger partial charge in [0.25, 0.3) is 0 Å². The van der Waals surface area contributed by atoms with Gasteiger partial charge in [0.05, 0.1) is 13.2 Å². The molecule has 1 rings (SSSR count). The predicted molar refractivity (Wildman–Crippen MR) is 90.3 cm³/mol. The third kappa shape index (κ3) is 8.27. The lowest BCUT2D eigenvalue weighted by molar-refractivity contribution is -0.0938. The van der Waals surface area contributed by atoms with Crippen molar-refractivity contribution in [1.29, 1.82) is 0 Å². The molecule has 4 atom stereocenters. The molecule has 1 fully saturated rings. The zero-order chi connectivity index (χ0) is 16.9. The first-order chi connectivity index (χ1) is 11.2. The molecule has 136 valence electrons. The van der Waals surface area contributed by atoms with Gasteiger partial charge in [0.2, 0.25) is 0 Å². The molecule has 0 aromatic rings. The summed E-state index contributed by atoms with van der Waals surface area (Å²) < 4.78 is 11.0. The van der Waals surface area contributed by atoms with Gasteiger partial charge < -0.3 is 24.8 Å². The molecule has 0 aromatic carbocycles. The van der Waals surface area contributed by atoms with Crippen LogP contribution in [0.25, 0.3) is 0 Å². The van der Waals surface area contributed by atoms with E-state index in [0.717, 1.165) is 19.3 Å². The molecule has 0 saturated carbocycles. The van der Waals surface area contributed by atoms with Crippen LogP contribution < -0.4 is 0 Å². The molecule has 0 aromatic heterocycles. The number of ether oxygens (including phenoxy) is 2. The molecule has 5 nitrogen and oxygen atoms in total. The van der Waals surface area contributed by atoms with Gasteiger partial charge in [-0.15, -0.1) is 6.58 Å². The molecule has 23 heavy (non-hydrogen) atoms. The Hall–Kier alpha value is -0.460. The first-order valence-corrected chi connectivity index (χ1v) is 9.01. The number of allylic oxidation sites excluding steroid dienone is 1. The number of unbranched alkanes of at least 4 members (excludes halogenated alkanes) is 8. The Bertz CT molecular complexity index is 297. The monoisotopic (exact) mass is 330 g/mol. The maximum absolute atomic E-state index is 9.82. The van der Waals surface area contributed by atoms with Crippen LogP contribution in [0.3, 0.4) is 0 Å². The van der Waals surface area contributed by atoms with Gasteiger partial charge >= 0.3 is 0 Å². The predicted octanol–water partition coefficient (Wildman–Crippen LogP) is 2.18. The summed E-state index contributed by atoms with van der Waals surface area (Å²) in [7, 11) is 0. The average Bonchev–Trinajstić information content (AvgIpc) is 2.93.